The molecule has 0 aliphatic carbocycles. The number of hydrogen-bond donors (Lipinski definition) is 4. The summed E-state index contributed by atoms with van der Waals surface area (Å²) in [5.41, 5.74) is 5.62. The maximum atomic E-state index is 13.1. The minimum atomic E-state index is -0.699. The Morgan fingerprint density at radius 3 is 2.46 bits per heavy atom. The van der Waals surface area contributed by atoms with Crippen LogP contribution >= 0.6 is 0 Å². The number of unbranched alkanes of at least 4 members (excludes halogenated alkanes) is 1. The number of H-pyrrole nitrogens is 1. The third-order valence-electron chi connectivity index (χ3n) is 5.26. The molecular weight excluding hydrogens is 455 g/mol. The minimum absolute atomic E-state index is 0.00167. The predicted molar refractivity (Wildman–Crippen MR) is 133 cm³/mol. The Hall–Kier alpha value is -4.41. The van der Waals surface area contributed by atoms with Crippen LogP contribution in [0.2, 0.25) is 0 Å². The average molecular weight is 483 g/mol. The second kappa shape index (κ2) is 11.1. The summed E-state index contributed by atoms with van der Waals surface area (Å²) in [6, 6.07) is 11.7. The molecule has 0 unspecified atom stereocenters. The fraction of sp³-hybridized carbons (Fsp3) is 0.250. The number of rotatable bonds is 9. The van der Waals surface area contributed by atoms with E-state index in [0.29, 0.717) is 18.7 Å². The fourth-order valence-corrected chi connectivity index (χ4v) is 3.49. The summed E-state index contributed by atoms with van der Waals surface area (Å²) in [6.45, 7) is 2.02. The first-order valence-corrected chi connectivity index (χ1v) is 11.0. The van der Waals surface area contributed by atoms with E-state index in [4.69, 9.17) is 5.73 Å². The van der Waals surface area contributed by atoms with Crippen LogP contribution in [0, 0.1) is 5.82 Å². The van der Waals surface area contributed by atoms with Crippen LogP contribution in [-0.4, -0.2) is 35.0 Å². The molecule has 1 heterocycles. The van der Waals surface area contributed by atoms with Gasteiger partial charge in [0.05, 0.1) is 17.8 Å². The smallest absolute Gasteiger partial charge is 0.330 e. The molecule has 1 aromatic heterocycles. The zero-order chi connectivity index (χ0) is 25.5. The zero-order valence-electron chi connectivity index (χ0n) is 19.4. The quantitative estimate of drug-likeness (QED) is 0.369. The number of nitrogen functional groups attached to an aromatic ring is 1. The van der Waals surface area contributed by atoms with Crippen molar-refractivity contribution < 1.29 is 14.0 Å². The van der Waals surface area contributed by atoms with Crippen LogP contribution in [0.3, 0.4) is 0 Å². The van der Waals surface area contributed by atoms with Crippen LogP contribution in [-0.2, 0) is 11.3 Å². The molecule has 11 heteroatoms. The van der Waals surface area contributed by atoms with Gasteiger partial charge in [-0.3, -0.25) is 23.9 Å². The molecule has 0 saturated heterocycles. The van der Waals surface area contributed by atoms with Crippen LogP contribution in [0.4, 0.5) is 27.3 Å². The topological polar surface area (TPSA) is 142 Å². The van der Waals surface area contributed by atoms with Crippen molar-refractivity contribution in [2.75, 3.05) is 34.9 Å². The highest BCUT2D eigenvalue weighted by Crippen LogP contribution is 2.19. The molecule has 5 N–H and O–H groups in total. The number of amides is 2. The van der Waals surface area contributed by atoms with Crippen molar-refractivity contribution in [2.45, 2.75) is 26.3 Å². The number of nitrogens with one attached hydrogen (secondary N) is 3. The Balaban J connectivity index is 1.76. The molecule has 0 saturated carbocycles. The van der Waals surface area contributed by atoms with Crippen LogP contribution in [0.25, 0.3) is 0 Å². The second-order valence-corrected chi connectivity index (χ2v) is 7.91. The van der Waals surface area contributed by atoms with Crippen molar-refractivity contribution in [2.24, 2.45) is 0 Å². The van der Waals surface area contributed by atoms with E-state index in [1.54, 1.807) is 18.2 Å². The number of aromatic nitrogens is 2. The molecule has 2 aromatic carbocycles. The monoisotopic (exact) mass is 482 g/mol. The van der Waals surface area contributed by atoms with Crippen LogP contribution in [0.5, 0.6) is 0 Å². The van der Waals surface area contributed by atoms with Gasteiger partial charge in [0.2, 0.25) is 5.91 Å². The second-order valence-electron chi connectivity index (χ2n) is 7.91. The van der Waals surface area contributed by atoms with Crippen LogP contribution in [0.1, 0.15) is 30.1 Å². The third-order valence-corrected chi connectivity index (χ3v) is 5.26. The van der Waals surface area contributed by atoms with E-state index in [1.165, 1.54) is 46.8 Å². The van der Waals surface area contributed by atoms with Crippen LogP contribution < -0.4 is 32.5 Å². The molecule has 35 heavy (non-hydrogen) atoms. The van der Waals surface area contributed by atoms with Gasteiger partial charge in [-0.25, -0.2) is 9.18 Å². The lowest BCUT2D eigenvalue weighted by Crippen LogP contribution is -2.39. The van der Waals surface area contributed by atoms with Crippen LogP contribution in [0.15, 0.2) is 58.1 Å². The van der Waals surface area contributed by atoms with E-state index >= 15 is 0 Å². The number of anilines is 4. The van der Waals surface area contributed by atoms with Gasteiger partial charge in [0.25, 0.3) is 11.5 Å². The molecule has 0 aliphatic rings. The molecule has 3 aromatic rings. The number of carbonyl (C=O) groups is 2. The van der Waals surface area contributed by atoms with Crippen molar-refractivity contribution >= 4 is 34.7 Å². The SMILES string of the molecule is CCCCn1c(N)c(N(C)CC(=O)Nc2ccccc2C(=O)Nc2ccc(F)cc2)c(=O)[nH]c1=O. The molecule has 0 atom stereocenters. The van der Waals surface area contributed by atoms with Gasteiger partial charge >= 0.3 is 5.69 Å². The van der Waals surface area contributed by atoms with E-state index < -0.39 is 28.9 Å². The molecule has 0 spiro atoms. The first-order valence-electron chi connectivity index (χ1n) is 11.0. The van der Waals surface area contributed by atoms with Gasteiger partial charge in [-0.2, -0.15) is 0 Å². The lowest BCUT2D eigenvalue weighted by molar-refractivity contribution is -0.114. The van der Waals surface area contributed by atoms with Gasteiger partial charge < -0.3 is 21.3 Å². The Bertz CT molecular complexity index is 1330. The average Bonchev–Trinajstić information content (AvgIpc) is 2.80. The van der Waals surface area contributed by atoms with E-state index in [9.17, 15) is 23.6 Å². The number of nitrogens with two attached hydrogens (primary N) is 1. The number of para-hydroxylation sites is 1. The lowest BCUT2D eigenvalue weighted by atomic mass is 10.1. The number of hydrogen-bond acceptors (Lipinski definition) is 6. The van der Waals surface area contributed by atoms with Gasteiger partial charge in [0.1, 0.15) is 17.3 Å². The Kier molecular flexibility index (Phi) is 8.03. The molecule has 0 aliphatic heterocycles. The summed E-state index contributed by atoms with van der Waals surface area (Å²) in [5, 5.41) is 5.31. The first-order chi connectivity index (χ1) is 16.7. The van der Waals surface area contributed by atoms with Gasteiger partial charge in [-0.1, -0.05) is 25.5 Å². The summed E-state index contributed by atoms with van der Waals surface area (Å²) in [4.78, 5) is 53.6. The highest BCUT2D eigenvalue weighted by molar-refractivity contribution is 6.10. The standard InChI is InChI=1S/C24H27FN6O4/c1-3-4-13-31-21(26)20(23(34)29-24(31)35)30(2)14-19(32)28-18-8-6-5-7-17(18)22(33)27-16-11-9-15(25)10-12-16/h5-12H,3-4,13-14,26H2,1-2H3,(H,27,33)(H,28,32)(H,29,34,35). The molecule has 2 amide bonds. The highest BCUT2D eigenvalue weighted by atomic mass is 19.1. The van der Waals surface area contributed by atoms with Crippen molar-refractivity contribution in [3.05, 3.63) is 80.7 Å². The fourth-order valence-electron chi connectivity index (χ4n) is 3.49. The summed E-state index contributed by atoms with van der Waals surface area (Å²) in [7, 11) is 1.50. The number of aromatic amines is 1. The van der Waals surface area contributed by atoms with Crippen molar-refractivity contribution in [1.29, 1.82) is 0 Å². The molecule has 10 nitrogen and oxygen atoms in total. The van der Waals surface area contributed by atoms with Gasteiger partial charge in [0.15, 0.2) is 0 Å². The van der Waals surface area contributed by atoms with E-state index in [1.807, 2.05) is 6.92 Å². The van der Waals surface area contributed by atoms with Gasteiger partial charge in [-0.05, 0) is 42.8 Å². The third kappa shape index (κ3) is 6.14. The van der Waals surface area contributed by atoms with Crippen molar-refractivity contribution in [1.82, 2.24) is 9.55 Å². The predicted octanol–water partition coefficient (Wildman–Crippen LogP) is 2.39. The van der Waals surface area contributed by atoms with Crippen molar-refractivity contribution in [3.8, 4) is 0 Å². The Labute approximate surface area is 200 Å². The maximum Gasteiger partial charge on any atom is 0.330 e. The first kappa shape index (κ1) is 25.2. The van der Waals surface area contributed by atoms with E-state index in [0.717, 1.165) is 6.42 Å². The number of nitrogens with zero attached hydrogens (tertiary/aromatic N) is 2. The lowest BCUT2D eigenvalue weighted by Gasteiger charge is -2.21. The molecule has 3 rings (SSSR count). The number of carbonyl (C=O) groups excluding carboxylic acids is 2. The molecule has 0 radical (unpaired) electrons. The maximum absolute atomic E-state index is 13.1. The number of benzene rings is 2. The Morgan fingerprint density at radius 1 is 1.09 bits per heavy atom. The zero-order valence-corrected chi connectivity index (χ0v) is 19.4. The van der Waals surface area contributed by atoms with E-state index in [-0.39, 0.29) is 29.3 Å². The summed E-state index contributed by atoms with van der Waals surface area (Å²) in [5.74, 6) is -1.47. The van der Waals surface area contributed by atoms with Gasteiger partial charge in [-0.15, -0.1) is 0 Å². The summed E-state index contributed by atoms with van der Waals surface area (Å²) >= 11 is 0. The molecule has 184 valence electrons. The normalized spacial score (nSPS) is 10.6. The van der Waals surface area contributed by atoms with Gasteiger partial charge in [0, 0.05) is 19.3 Å². The number of likely N-dealkylation sites (N-methyl/N-ethyl adjacent to an activating group) is 1. The summed E-state index contributed by atoms with van der Waals surface area (Å²) < 4.78 is 14.4. The minimum Gasteiger partial charge on any atom is -0.383 e. The summed E-state index contributed by atoms with van der Waals surface area (Å²) in [6.07, 6.45) is 1.52. The van der Waals surface area contributed by atoms with E-state index in [2.05, 4.69) is 15.6 Å². The largest absolute Gasteiger partial charge is 0.383 e. The molecule has 0 bridgehead atoms. The molecule has 0 fully saturated rings. The Morgan fingerprint density at radius 2 is 1.77 bits per heavy atom. The van der Waals surface area contributed by atoms with Crippen molar-refractivity contribution in [3.63, 3.8) is 0 Å². The highest BCUT2D eigenvalue weighted by Gasteiger charge is 2.19. The molecular formula is C24H27FN6O4. The number of halogens is 1.